The number of alkyl halides is 1. The van der Waals surface area contributed by atoms with Gasteiger partial charge in [-0.2, -0.15) is 5.10 Å². The van der Waals surface area contributed by atoms with Crippen molar-refractivity contribution in [3.8, 4) is 0 Å². The number of nitrogens with zero attached hydrogens (tertiary/aromatic N) is 2. The Bertz CT molecular complexity index is 992. The number of nitrogens with one attached hydrogen (secondary N) is 1. The zero-order valence-corrected chi connectivity index (χ0v) is 14.8. The van der Waals surface area contributed by atoms with E-state index in [1.165, 1.54) is 12.4 Å². The van der Waals surface area contributed by atoms with Crippen LogP contribution in [0.5, 0.6) is 0 Å². The summed E-state index contributed by atoms with van der Waals surface area (Å²) in [4.78, 5) is 27.7. The van der Waals surface area contributed by atoms with Crippen LogP contribution in [0.15, 0.2) is 47.5 Å². The van der Waals surface area contributed by atoms with Crippen LogP contribution in [-0.4, -0.2) is 27.3 Å². The molecule has 0 radical (unpaired) electrons. The summed E-state index contributed by atoms with van der Waals surface area (Å²) in [6.45, 7) is 0.775. The predicted molar refractivity (Wildman–Crippen MR) is 98.4 cm³/mol. The zero-order valence-electron chi connectivity index (χ0n) is 14.0. The Morgan fingerprint density at radius 1 is 1.35 bits per heavy atom. The maximum absolute atomic E-state index is 12.6. The van der Waals surface area contributed by atoms with Gasteiger partial charge in [-0.3, -0.25) is 4.79 Å². The van der Waals surface area contributed by atoms with Crippen LogP contribution in [0, 0.1) is 5.92 Å². The molecule has 3 aromatic rings. The average Bonchev–Trinajstić information content (AvgIpc) is 3.41. The number of hydrogen-bond donors (Lipinski definition) is 1. The quantitative estimate of drug-likeness (QED) is 0.533. The molecule has 1 fully saturated rings. The molecule has 4 rings (SSSR count). The number of aromatic amines is 1. The van der Waals surface area contributed by atoms with Gasteiger partial charge in [0.1, 0.15) is 11.2 Å². The third-order valence-electron chi connectivity index (χ3n) is 4.54. The van der Waals surface area contributed by atoms with Gasteiger partial charge in [0, 0.05) is 6.20 Å². The fraction of sp³-hybridized carbons (Fsp3) is 0.316. The molecule has 0 amide bonds. The van der Waals surface area contributed by atoms with E-state index >= 15 is 0 Å². The smallest absolute Gasteiger partial charge is 0.343 e. The summed E-state index contributed by atoms with van der Waals surface area (Å²) in [7, 11) is 0. The van der Waals surface area contributed by atoms with Gasteiger partial charge >= 0.3 is 5.97 Å². The summed E-state index contributed by atoms with van der Waals surface area (Å²) in [5.74, 6) is -0.143. The first-order valence-electron chi connectivity index (χ1n) is 8.57. The number of pyridine rings is 1. The molecule has 1 aliphatic rings. The van der Waals surface area contributed by atoms with Crippen molar-refractivity contribution in [3.63, 3.8) is 0 Å². The molecule has 1 atom stereocenters. The van der Waals surface area contributed by atoms with Gasteiger partial charge in [0.2, 0.25) is 5.43 Å². The fourth-order valence-corrected chi connectivity index (χ4v) is 3.10. The average molecular weight is 372 g/mol. The van der Waals surface area contributed by atoms with Gasteiger partial charge in [-0.25, -0.2) is 9.48 Å². The van der Waals surface area contributed by atoms with E-state index in [9.17, 15) is 9.59 Å². The first-order chi connectivity index (χ1) is 12.6. The largest absolute Gasteiger partial charge is 0.462 e. The van der Waals surface area contributed by atoms with Gasteiger partial charge in [0.25, 0.3) is 0 Å². The normalized spacial score (nSPS) is 15.1. The van der Waals surface area contributed by atoms with Crippen LogP contribution >= 0.6 is 11.6 Å². The standard InChI is InChI=1S/C19H18ClN3O3/c20-16(13-4-2-1-3-5-13)10-23-18-14(9-22-23)17(24)15(8-21-18)19(25)26-11-12-6-7-12/h1-5,8-9,12,16H,6-7,10-11H2,(H,21,24). The molecule has 0 aliphatic heterocycles. The van der Waals surface area contributed by atoms with E-state index in [1.807, 2.05) is 30.3 Å². The van der Waals surface area contributed by atoms with Gasteiger partial charge in [-0.15, -0.1) is 11.6 Å². The van der Waals surface area contributed by atoms with Gasteiger partial charge in [0.15, 0.2) is 0 Å². The molecule has 0 saturated heterocycles. The molecule has 134 valence electrons. The van der Waals surface area contributed by atoms with Crippen molar-refractivity contribution in [2.24, 2.45) is 5.92 Å². The number of rotatable bonds is 6. The second-order valence-corrected chi connectivity index (χ2v) is 7.07. The number of carbonyl (C=O) groups is 1. The van der Waals surface area contributed by atoms with Crippen molar-refractivity contribution in [2.45, 2.75) is 24.8 Å². The van der Waals surface area contributed by atoms with Crippen LogP contribution in [0.3, 0.4) is 0 Å². The van der Waals surface area contributed by atoms with Crippen molar-refractivity contribution >= 4 is 28.6 Å². The van der Waals surface area contributed by atoms with Crippen molar-refractivity contribution < 1.29 is 9.53 Å². The molecule has 1 unspecified atom stereocenters. The topological polar surface area (TPSA) is 77.0 Å². The summed E-state index contributed by atoms with van der Waals surface area (Å²) in [6.07, 6.45) is 5.01. The van der Waals surface area contributed by atoms with E-state index < -0.39 is 5.97 Å². The molecule has 1 N–H and O–H groups in total. The minimum absolute atomic E-state index is 0.00295. The molecular formula is C19H18ClN3O3. The van der Waals surface area contributed by atoms with Gasteiger partial charge in [0.05, 0.1) is 30.1 Å². The summed E-state index contributed by atoms with van der Waals surface area (Å²) < 4.78 is 6.84. The maximum atomic E-state index is 12.6. The minimum Gasteiger partial charge on any atom is -0.462 e. The van der Waals surface area contributed by atoms with Crippen LogP contribution < -0.4 is 5.43 Å². The van der Waals surface area contributed by atoms with Crippen LogP contribution in [-0.2, 0) is 11.3 Å². The lowest BCUT2D eigenvalue weighted by atomic mass is 10.1. The Kier molecular flexibility index (Phi) is 4.51. The number of halogens is 1. The van der Waals surface area contributed by atoms with Crippen molar-refractivity contribution in [2.75, 3.05) is 6.61 Å². The molecular weight excluding hydrogens is 354 g/mol. The van der Waals surface area contributed by atoms with E-state index in [1.54, 1.807) is 4.68 Å². The number of ether oxygens (including phenoxy) is 1. The molecule has 2 heterocycles. The van der Waals surface area contributed by atoms with E-state index in [2.05, 4.69) is 10.1 Å². The number of aromatic nitrogens is 3. The first kappa shape index (κ1) is 16.8. The molecule has 1 saturated carbocycles. The minimum atomic E-state index is -0.590. The van der Waals surface area contributed by atoms with Gasteiger partial charge < -0.3 is 9.72 Å². The fourth-order valence-electron chi connectivity index (χ4n) is 2.82. The molecule has 7 heteroatoms. The van der Waals surface area contributed by atoms with Crippen LogP contribution in [0.1, 0.15) is 34.1 Å². The number of carbonyl (C=O) groups excluding carboxylic acids is 1. The second-order valence-electron chi connectivity index (χ2n) is 6.54. The Labute approximate surface area is 154 Å². The lowest BCUT2D eigenvalue weighted by Crippen LogP contribution is -2.19. The lowest BCUT2D eigenvalue weighted by molar-refractivity contribution is 0.0484. The van der Waals surface area contributed by atoms with E-state index in [0.717, 1.165) is 18.4 Å². The van der Waals surface area contributed by atoms with E-state index in [0.29, 0.717) is 30.1 Å². The molecule has 26 heavy (non-hydrogen) atoms. The Morgan fingerprint density at radius 3 is 2.85 bits per heavy atom. The summed E-state index contributed by atoms with van der Waals surface area (Å²) >= 11 is 6.47. The molecule has 2 aromatic heterocycles. The molecule has 0 bridgehead atoms. The second kappa shape index (κ2) is 6.96. The van der Waals surface area contributed by atoms with E-state index in [-0.39, 0.29) is 16.4 Å². The highest BCUT2D eigenvalue weighted by molar-refractivity contribution is 6.20. The highest BCUT2D eigenvalue weighted by Gasteiger charge is 2.24. The molecule has 1 aliphatic carbocycles. The number of H-pyrrole nitrogens is 1. The maximum Gasteiger partial charge on any atom is 0.343 e. The van der Waals surface area contributed by atoms with Crippen LogP contribution in [0.4, 0.5) is 0 Å². The molecule has 6 nitrogen and oxygen atoms in total. The third-order valence-corrected chi connectivity index (χ3v) is 4.93. The Morgan fingerprint density at radius 2 is 2.12 bits per heavy atom. The highest BCUT2D eigenvalue weighted by Crippen LogP contribution is 2.29. The SMILES string of the molecule is O=C(OCC1CC1)c1c[nH]c2c(cnn2CC(Cl)c2ccccc2)c1=O. The monoisotopic (exact) mass is 371 g/mol. The number of hydrogen-bond acceptors (Lipinski definition) is 4. The predicted octanol–water partition coefficient (Wildman–Crippen LogP) is 3.27. The first-order valence-corrected chi connectivity index (χ1v) is 9.00. The summed E-state index contributed by atoms with van der Waals surface area (Å²) in [5, 5.41) is 4.32. The van der Waals surface area contributed by atoms with Crippen molar-refractivity contribution in [1.82, 2.24) is 14.8 Å². The van der Waals surface area contributed by atoms with Crippen molar-refractivity contribution in [3.05, 3.63) is 64.1 Å². The van der Waals surface area contributed by atoms with Gasteiger partial charge in [-0.05, 0) is 24.3 Å². The lowest BCUT2D eigenvalue weighted by Gasteiger charge is -2.11. The van der Waals surface area contributed by atoms with Crippen LogP contribution in [0.2, 0.25) is 0 Å². The Hall–Kier alpha value is -2.60. The number of fused-ring (bicyclic) bond motifs is 1. The molecule has 1 aromatic carbocycles. The Balaban J connectivity index is 1.57. The zero-order chi connectivity index (χ0) is 18.1. The van der Waals surface area contributed by atoms with Crippen molar-refractivity contribution in [1.29, 1.82) is 0 Å². The third kappa shape index (κ3) is 3.37. The summed E-state index contributed by atoms with van der Waals surface area (Å²) in [6, 6.07) is 9.67. The van der Waals surface area contributed by atoms with Gasteiger partial charge in [-0.1, -0.05) is 30.3 Å². The van der Waals surface area contributed by atoms with Crippen LogP contribution in [0.25, 0.3) is 11.0 Å². The summed E-state index contributed by atoms with van der Waals surface area (Å²) in [5.41, 5.74) is 1.13. The number of benzene rings is 1. The number of esters is 1. The molecule has 0 spiro atoms. The highest BCUT2D eigenvalue weighted by atomic mass is 35.5. The van der Waals surface area contributed by atoms with E-state index in [4.69, 9.17) is 16.3 Å².